The van der Waals surface area contributed by atoms with Crippen molar-refractivity contribution in [2.24, 2.45) is 16.6 Å². The van der Waals surface area contributed by atoms with Crippen LogP contribution in [0.3, 0.4) is 0 Å². The summed E-state index contributed by atoms with van der Waals surface area (Å²) in [6.07, 6.45) is 5.67. The van der Waals surface area contributed by atoms with Crippen molar-refractivity contribution in [1.29, 1.82) is 10.5 Å². The van der Waals surface area contributed by atoms with Gasteiger partial charge in [0, 0.05) is 5.41 Å². The SMILES string of the molecule is C=CC[C@@]1(C#N)C(=S)NC(N)=C(C#N)C12CCCC2. The van der Waals surface area contributed by atoms with Crippen LogP contribution in [0, 0.1) is 33.5 Å². The molecule has 0 aromatic carbocycles. The maximum atomic E-state index is 9.77. The molecule has 0 unspecified atom stereocenters. The van der Waals surface area contributed by atoms with Gasteiger partial charge in [0.1, 0.15) is 16.2 Å². The molecule has 19 heavy (non-hydrogen) atoms. The van der Waals surface area contributed by atoms with Gasteiger partial charge >= 0.3 is 0 Å². The van der Waals surface area contributed by atoms with Crippen molar-refractivity contribution in [3.05, 3.63) is 24.0 Å². The molecule has 98 valence electrons. The Hall–Kier alpha value is -1.85. The van der Waals surface area contributed by atoms with Crippen molar-refractivity contribution in [1.82, 2.24) is 5.32 Å². The summed E-state index contributed by atoms with van der Waals surface area (Å²) in [6, 6.07) is 4.57. The highest BCUT2D eigenvalue weighted by molar-refractivity contribution is 7.80. The summed E-state index contributed by atoms with van der Waals surface area (Å²) in [5.74, 6) is 0.310. The molecule has 0 radical (unpaired) electrons. The molecule has 0 bridgehead atoms. The Bertz CT molecular complexity index is 543. The number of rotatable bonds is 2. The molecule has 0 aromatic heterocycles. The molecule has 0 aromatic rings. The van der Waals surface area contributed by atoms with Crippen molar-refractivity contribution in [2.45, 2.75) is 32.1 Å². The summed E-state index contributed by atoms with van der Waals surface area (Å²) in [7, 11) is 0. The summed E-state index contributed by atoms with van der Waals surface area (Å²) in [4.78, 5) is 0.424. The molecule has 0 amide bonds. The van der Waals surface area contributed by atoms with E-state index in [1.54, 1.807) is 6.08 Å². The Balaban J connectivity index is 2.72. The summed E-state index contributed by atoms with van der Waals surface area (Å²) in [6.45, 7) is 3.74. The number of hydrogen-bond acceptors (Lipinski definition) is 4. The van der Waals surface area contributed by atoms with Crippen molar-refractivity contribution in [2.75, 3.05) is 0 Å². The highest BCUT2D eigenvalue weighted by atomic mass is 32.1. The Morgan fingerprint density at radius 2 is 2.05 bits per heavy atom. The highest BCUT2D eigenvalue weighted by Gasteiger charge is 2.60. The van der Waals surface area contributed by atoms with Crippen LogP contribution >= 0.6 is 12.2 Å². The van der Waals surface area contributed by atoms with E-state index >= 15 is 0 Å². The molecule has 4 nitrogen and oxygen atoms in total. The third kappa shape index (κ3) is 1.59. The van der Waals surface area contributed by atoms with Gasteiger partial charge in [-0.05, 0) is 19.3 Å². The van der Waals surface area contributed by atoms with Crippen molar-refractivity contribution in [3.8, 4) is 12.1 Å². The van der Waals surface area contributed by atoms with Crippen molar-refractivity contribution >= 4 is 17.2 Å². The minimum atomic E-state index is -0.894. The van der Waals surface area contributed by atoms with E-state index in [2.05, 4.69) is 24.0 Å². The number of allylic oxidation sites excluding steroid dienone is 2. The topological polar surface area (TPSA) is 85.6 Å². The molecule has 5 heteroatoms. The Morgan fingerprint density at radius 1 is 1.42 bits per heavy atom. The smallest absolute Gasteiger partial charge is 0.121 e. The first-order chi connectivity index (χ1) is 9.08. The molecule has 1 aliphatic heterocycles. The fourth-order valence-corrected chi connectivity index (χ4v) is 3.94. The quantitative estimate of drug-likeness (QED) is 0.595. The van der Waals surface area contributed by atoms with Crippen LogP contribution in [0.25, 0.3) is 0 Å². The van der Waals surface area contributed by atoms with E-state index < -0.39 is 10.8 Å². The summed E-state index contributed by atoms with van der Waals surface area (Å²) in [5, 5.41) is 22.1. The predicted molar refractivity (Wildman–Crippen MR) is 76.3 cm³/mol. The third-order valence-corrected chi connectivity index (χ3v) is 4.86. The molecule has 1 aliphatic carbocycles. The van der Waals surface area contributed by atoms with Gasteiger partial charge in [0.2, 0.25) is 0 Å². The number of hydrogen-bond donors (Lipinski definition) is 2. The Labute approximate surface area is 118 Å². The second-order valence-electron chi connectivity index (χ2n) is 5.15. The lowest BCUT2D eigenvalue weighted by atomic mass is 9.56. The monoisotopic (exact) mass is 272 g/mol. The number of nitrogens with two attached hydrogens (primary N) is 1. The first-order valence-corrected chi connectivity index (χ1v) is 6.73. The molecular weight excluding hydrogens is 256 g/mol. The predicted octanol–water partition coefficient (Wildman–Crippen LogP) is 2.26. The summed E-state index contributed by atoms with van der Waals surface area (Å²) in [5.41, 5.74) is 4.98. The largest absolute Gasteiger partial charge is 0.384 e. The lowest BCUT2D eigenvalue weighted by molar-refractivity contribution is 0.208. The normalized spacial score (nSPS) is 28.6. The number of nitrogens with zero attached hydrogens (tertiary/aromatic N) is 2. The van der Waals surface area contributed by atoms with Crippen LogP contribution in [0.15, 0.2) is 24.0 Å². The zero-order chi connectivity index (χ0) is 14.1. The van der Waals surface area contributed by atoms with E-state index in [0.29, 0.717) is 22.8 Å². The lowest BCUT2D eigenvalue weighted by Gasteiger charge is -2.47. The van der Waals surface area contributed by atoms with Crippen LogP contribution < -0.4 is 11.1 Å². The van der Waals surface area contributed by atoms with Gasteiger partial charge in [-0.15, -0.1) is 6.58 Å². The number of nitrogens with one attached hydrogen (secondary N) is 1. The Kier molecular flexibility index (Phi) is 3.34. The van der Waals surface area contributed by atoms with Crippen LogP contribution in [0.4, 0.5) is 0 Å². The van der Waals surface area contributed by atoms with Crippen LogP contribution in [0.1, 0.15) is 32.1 Å². The van der Waals surface area contributed by atoms with E-state index in [4.69, 9.17) is 18.0 Å². The standard InChI is InChI=1S/C14H16N4S/c1-2-5-14(9-16)12(19)18-11(17)10(8-15)13(14)6-3-4-7-13/h2H,1,3-7,17H2,(H,18,19)/t14-/m1/s1. The minimum absolute atomic E-state index is 0.310. The fraction of sp³-hybridized carbons (Fsp3) is 0.500. The number of nitriles is 2. The molecule has 3 N–H and O–H groups in total. The zero-order valence-electron chi connectivity index (χ0n) is 10.7. The van der Waals surface area contributed by atoms with Gasteiger partial charge in [-0.25, -0.2) is 0 Å². The first-order valence-electron chi connectivity index (χ1n) is 6.32. The van der Waals surface area contributed by atoms with Crippen molar-refractivity contribution < 1.29 is 0 Å². The van der Waals surface area contributed by atoms with Crippen LogP contribution in [-0.2, 0) is 0 Å². The van der Waals surface area contributed by atoms with Crippen molar-refractivity contribution in [3.63, 3.8) is 0 Å². The third-order valence-electron chi connectivity index (χ3n) is 4.41. The summed E-state index contributed by atoms with van der Waals surface area (Å²) >= 11 is 5.39. The fourth-order valence-electron chi connectivity index (χ4n) is 3.51. The van der Waals surface area contributed by atoms with E-state index in [0.717, 1.165) is 25.7 Å². The van der Waals surface area contributed by atoms with Gasteiger partial charge in [0.15, 0.2) is 0 Å². The molecule has 1 saturated carbocycles. The van der Waals surface area contributed by atoms with Gasteiger partial charge in [-0.2, -0.15) is 10.5 Å². The van der Waals surface area contributed by atoms with E-state index in [9.17, 15) is 10.5 Å². The first kappa shape index (κ1) is 13.6. The van der Waals surface area contributed by atoms with E-state index in [1.165, 1.54) is 0 Å². The second kappa shape index (κ2) is 4.68. The molecule has 0 saturated heterocycles. The number of thiocarbonyl (C=S) groups is 1. The van der Waals surface area contributed by atoms with E-state index in [1.807, 2.05) is 0 Å². The van der Waals surface area contributed by atoms with Gasteiger partial charge in [0.25, 0.3) is 0 Å². The van der Waals surface area contributed by atoms with Crippen LogP contribution in [-0.4, -0.2) is 4.99 Å². The zero-order valence-corrected chi connectivity index (χ0v) is 11.5. The highest BCUT2D eigenvalue weighted by Crippen LogP contribution is 2.59. The molecule has 1 spiro atoms. The molecule has 2 aliphatic rings. The molecule has 2 rings (SSSR count). The molecule has 1 fully saturated rings. The average molecular weight is 272 g/mol. The van der Waals surface area contributed by atoms with Gasteiger partial charge < -0.3 is 11.1 Å². The van der Waals surface area contributed by atoms with Gasteiger partial charge in [-0.1, -0.05) is 31.1 Å². The molecule has 1 heterocycles. The molecular formula is C14H16N4S. The van der Waals surface area contributed by atoms with Crippen LogP contribution in [0.5, 0.6) is 0 Å². The maximum absolute atomic E-state index is 9.77. The van der Waals surface area contributed by atoms with Crippen LogP contribution in [0.2, 0.25) is 0 Å². The minimum Gasteiger partial charge on any atom is -0.384 e. The van der Waals surface area contributed by atoms with E-state index in [-0.39, 0.29) is 0 Å². The second-order valence-corrected chi connectivity index (χ2v) is 5.56. The Morgan fingerprint density at radius 3 is 2.53 bits per heavy atom. The van der Waals surface area contributed by atoms with Gasteiger partial charge in [0.05, 0.1) is 17.7 Å². The van der Waals surface area contributed by atoms with Gasteiger partial charge in [-0.3, -0.25) is 0 Å². The molecule has 1 atom stereocenters. The summed E-state index contributed by atoms with van der Waals surface area (Å²) < 4.78 is 0. The average Bonchev–Trinajstić information content (AvgIpc) is 2.85. The maximum Gasteiger partial charge on any atom is 0.121 e. The lowest BCUT2D eigenvalue weighted by Crippen LogP contribution is -2.56.